The van der Waals surface area contributed by atoms with Crippen LogP contribution >= 0.6 is 11.6 Å². The number of rotatable bonds is 7. The van der Waals surface area contributed by atoms with Crippen molar-refractivity contribution < 1.29 is 9.53 Å². The molecule has 0 bridgehead atoms. The number of hydrogen-bond acceptors (Lipinski definition) is 2. The van der Waals surface area contributed by atoms with Gasteiger partial charge in [-0.15, -0.1) is 0 Å². The Kier molecular flexibility index (Phi) is 6.98. The van der Waals surface area contributed by atoms with E-state index in [9.17, 15) is 4.79 Å². The number of hydrogen-bond donors (Lipinski definition) is 0. The molecule has 1 heterocycles. The Morgan fingerprint density at radius 1 is 1.06 bits per heavy atom. The highest BCUT2D eigenvalue weighted by Crippen LogP contribution is 2.27. The number of aromatic nitrogens is 1. The molecule has 1 fully saturated rings. The molecule has 31 heavy (non-hydrogen) atoms. The van der Waals surface area contributed by atoms with Crippen LogP contribution in [0.4, 0.5) is 0 Å². The molecule has 1 aliphatic carbocycles. The highest BCUT2D eigenvalue weighted by molar-refractivity contribution is 6.30. The lowest BCUT2D eigenvalue weighted by Gasteiger charge is -2.35. The standard InChI is InChI=1S/C26H29ClN2O2/c1-31-25-14-5-8-20(16-25)18-28-15-7-13-24(28)19-29(23-11-3-2-4-12-23)26(30)21-9-6-10-22(27)17-21/h5-10,13-17,23H,2-4,11-12,18-19H2,1H3. The Hall–Kier alpha value is -2.72. The van der Waals surface area contributed by atoms with Gasteiger partial charge in [0.05, 0.1) is 13.7 Å². The minimum absolute atomic E-state index is 0.0588. The Labute approximate surface area is 189 Å². The SMILES string of the molecule is COc1cccc(Cn2cccc2CN(C(=O)c2cccc(Cl)c2)C2CCCCC2)c1. The Bertz CT molecular complexity index is 1020. The second kappa shape index (κ2) is 10.1. The van der Waals surface area contributed by atoms with Gasteiger partial charge in [-0.25, -0.2) is 0 Å². The Morgan fingerprint density at radius 3 is 2.65 bits per heavy atom. The zero-order valence-electron chi connectivity index (χ0n) is 18.0. The first kappa shape index (κ1) is 21.5. The summed E-state index contributed by atoms with van der Waals surface area (Å²) in [6.45, 7) is 1.33. The Morgan fingerprint density at radius 2 is 1.87 bits per heavy atom. The van der Waals surface area contributed by atoms with Crippen LogP contribution in [-0.2, 0) is 13.1 Å². The smallest absolute Gasteiger partial charge is 0.254 e. The van der Waals surface area contributed by atoms with Crippen molar-refractivity contribution in [2.45, 2.75) is 51.2 Å². The van der Waals surface area contributed by atoms with Gasteiger partial charge in [-0.2, -0.15) is 0 Å². The summed E-state index contributed by atoms with van der Waals surface area (Å²) in [5, 5.41) is 0.593. The summed E-state index contributed by atoms with van der Waals surface area (Å²) in [5.74, 6) is 0.912. The number of amides is 1. The first-order valence-corrected chi connectivity index (χ1v) is 11.4. The molecular weight excluding hydrogens is 408 g/mol. The minimum atomic E-state index is 0.0588. The number of methoxy groups -OCH3 is 1. The third-order valence-electron chi connectivity index (χ3n) is 6.09. The van der Waals surface area contributed by atoms with Crippen molar-refractivity contribution in [1.82, 2.24) is 9.47 Å². The summed E-state index contributed by atoms with van der Waals surface area (Å²) >= 11 is 6.18. The van der Waals surface area contributed by atoms with Crippen LogP contribution in [0.15, 0.2) is 66.9 Å². The summed E-state index contributed by atoms with van der Waals surface area (Å²) in [6, 6.07) is 19.8. The van der Waals surface area contributed by atoms with E-state index in [2.05, 4.69) is 39.9 Å². The molecule has 162 valence electrons. The van der Waals surface area contributed by atoms with Crippen molar-refractivity contribution in [2.24, 2.45) is 0 Å². The fourth-order valence-corrected chi connectivity index (χ4v) is 4.63. The van der Waals surface area contributed by atoms with E-state index in [-0.39, 0.29) is 11.9 Å². The zero-order chi connectivity index (χ0) is 21.6. The first-order chi connectivity index (χ1) is 15.1. The van der Waals surface area contributed by atoms with Crippen molar-refractivity contribution in [3.8, 4) is 5.75 Å². The van der Waals surface area contributed by atoms with E-state index >= 15 is 0 Å². The van der Waals surface area contributed by atoms with Gasteiger partial charge in [0.25, 0.3) is 5.91 Å². The lowest BCUT2D eigenvalue weighted by molar-refractivity contribution is 0.0608. The predicted molar refractivity (Wildman–Crippen MR) is 125 cm³/mol. The molecule has 5 heteroatoms. The molecule has 4 nitrogen and oxygen atoms in total. The predicted octanol–water partition coefficient (Wildman–Crippen LogP) is 6.17. The van der Waals surface area contributed by atoms with Gasteiger partial charge in [-0.3, -0.25) is 4.79 Å². The number of halogens is 1. The first-order valence-electron chi connectivity index (χ1n) is 11.0. The summed E-state index contributed by atoms with van der Waals surface area (Å²) in [5.41, 5.74) is 2.95. The quantitative estimate of drug-likeness (QED) is 0.443. The topological polar surface area (TPSA) is 34.5 Å². The fraction of sp³-hybridized carbons (Fsp3) is 0.346. The van der Waals surface area contributed by atoms with E-state index in [1.165, 1.54) is 24.8 Å². The maximum atomic E-state index is 13.5. The number of carbonyl (C=O) groups excluding carboxylic acids is 1. The molecule has 0 N–H and O–H groups in total. The van der Waals surface area contributed by atoms with E-state index in [4.69, 9.17) is 16.3 Å². The van der Waals surface area contributed by atoms with Gasteiger partial charge in [0.2, 0.25) is 0 Å². The fourth-order valence-electron chi connectivity index (χ4n) is 4.44. The van der Waals surface area contributed by atoms with E-state index in [1.807, 2.05) is 30.3 Å². The lowest BCUT2D eigenvalue weighted by atomic mass is 9.93. The molecular formula is C26H29ClN2O2. The number of carbonyl (C=O) groups is 1. The Balaban J connectivity index is 1.58. The number of benzene rings is 2. The van der Waals surface area contributed by atoms with Gasteiger partial charge >= 0.3 is 0 Å². The zero-order valence-corrected chi connectivity index (χ0v) is 18.7. The summed E-state index contributed by atoms with van der Waals surface area (Å²) < 4.78 is 7.58. The van der Waals surface area contributed by atoms with Gasteiger partial charge in [-0.05, 0) is 60.9 Å². The molecule has 0 saturated heterocycles. The van der Waals surface area contributed by atoms with Gasteiger partial charge in [-0.1, -0.05) is 49.1 Å². The number of nitrogens with zero attached hydrogens (tertiary/aromatic N) is 2. The highest BCUT2D eigenvalue weighted by Gasteiger charge is 2.27. The lowest BCUT2D eigenvalue weighted by Crippen LogP contribution is -2.41. The van der Waals surface area contributed by atoms with Crippen LogP contribution in [0, 0.1) is 0 Å². The van der Waals surface area contributed by atoms with Crippen molar-refractivity contribution in [3.63, 3.8) is 0 Å². The second-order valence-electron chi connectivity index (χ2n) is 8.21. The molecule has 0 spiro atoms. The van der Waals surface area contributed by atoms with Crippen LogP contribution in [-0.4, -0.2) is 28.5 Å². The van der Waals surface area contributed by atoms with Crippen LogP contribution in [0.25, 0.3) is 0 Å². The van der Waals surface area contributed by atoms with Crippen LogP contribution < -0.4 is 4.74 Å². The van der Waals surface area contributed by atoms with Crippen molar-refractivity contribution in [1.29, 1.82) is 0 Å². The van der Waals surface area contributed by atoms with Gasteiger partial charge in [0.15, 0.2) is 0 Å². The van der Waals surface area contributed by atoms with Crippen LogP contribution in [0.2, 0.25) is 5.02 Å². The molecule has 2 aromatic carbocycles. The molecule has 1 amide bonds. The molecule has 0 aliphatic heterocycles. The van der Waals surface area contributed by atoms with Crippen molar-refractivity contribution in [3.05, 3.63) is 88.7 Å². The molecule has 4 rings (SSSR count). The van der Waals surface area contributed by atoms with Crippen LogP contribution in [0.1, 0.15) is 53.7 Å². The molecule has 0 unspecified atom stereocenters. The summed E-state index contributed by atoms with van der Waals surface area (Å²) in [7, 11) is 1.68. The van der Waals surface area contributed by atoms with E-state index in [1.54, 1.807) is 13.2 Å². The van der Waals surface area contributed by atoms with Crippen molar-refractivity contribution >= 4 is 17.5 Å². The minimum Gasteiger partial charge on any atom is -0.497 e. The molecule has 1 saturated carbocycles. The van der Waals surface area contributed by atoms with E-state index in [0.717, 1.165) is 30.8 Å². The molecule has 3 aromatic rings. The monoisotopic (exact) mass is 436 g/mol. The highest BCUT2D eigenvalue weighted by atomic mass is 35.5. The molecule has 1 aromatic heterocycles. The number of ether oxygens (including phenoxy) is 1. The maximum absolute atomic E-state index is 13.5. The molecule has 0 radical (unpaired) electrons. The summed E-state index contributed by atoms with van der Waals surface area (Å²) in [4.78, 5) is 15.6. The second-order valence-corrected chi connectivity index (χ2v) is 8.65. The largest absolute Gasteiger partial charge is 0.497 e. The van der Waals surface area contributed by atoms with Crippen LogP contribution in [0.5, 0.6) is 5.75 Å². The average Bonchev–Trinajstić information content (AvgIpc) is 3.24. The molecule has 0 atom stereocenters. The average molecular weight is 437 g/mol. The van der Waals surface area contributed by atoms with Crippen molar-refractivity contribution in [2.75, 3.05) is 7.11 Å². The molecule has 1 aliphatic rings. The van der Waals surface area contributed by atoms with Gasteiger partial charge in [0.1, 0.15) is 5.75 Å². The maximum Gasteiger partial charge on any atom is 0.254 e. The summed E-state index contributed by atoms with van der Waals surface area (Å²) in [6.07, 6.45) is 7.80. The van der Waals surface area contributed by atoms with E-state index < -0.39 is 0 Å². The van der Waals surface area contributed by atoms with E-state index in [0.29, 0.717) is 17.1 Å². The van der Waals surface area contributed by atoms with Gasteiger partial charge < -0.3 is 14.2 Å². The third-order valence-corrected chi connectivity index (χ3v) is 6.33. The van der Waals surface area contributed by atoms with Crippen LogP contribution in [0.3, 0.4) is 0 Å². The van der Waals surface area contributed by atoms with Gasteiger partial charge in [0, 0.05) is 35.1 Å². The third kappa shape index (κ3) is 5.31. The normalized spacial score (nSPS) is 14.4.